The fourth-order valence-corrected chi connectivity index (χ4v) is 4.67. The first-order chi connectivity index (χ1) is 16.8. The zero-order chi connectivity index (χ0) is 25.4. The number of carboxylic acid groups (broad SMARTS) is 1. The van der Waals surface area contributed by atoms with Crippen LogP contribution in [0.5, 0.6) is 0 Å². The molecule has 2 aromatic carbocycles. The van der Waals surface area contributed by atoms with Crippen LogP contribution in [-0.4, -0.2) is 32.3 Å². The molecular weight excluding hydrogens is 458 g/mol. The van der Waals surface area contributed by atoms with Gasteiger partial charge in [-0.1, -0.05) is 69.7 Å². The fourth-order valence-electron chi connectivity index (χ4n) is 4.08. The normalized spacial score (nSPS) is 12.0. The first-order valence-electron chi connectivity index (χ1n) is 12.2. The maximum absolute atomic E-state index is 12.5. The predicted molar refractivity (Wildman–Crippen MR) is 143 cm³/mol. The molecule has 0 fully saturated rings. The molecule has 3 aromatic rings. The van der Waals surface area contributed by atoms with Crippen molar-refractivity contribution in [2.24, 2.45) is 11.8 Å². The highest BCUT2D eigenvalue weighted by atomic mass is 32.1. The molecule has 0 saturated heterocycles. The van der Waals surface area contributed by atoms with Gasteiger partial charge in [0.1, 0.15) is 5.82 Å². The van der Waals surface area contributed by atoms with Crippen molar-refractivity contribution in [3.8, 4) is 11.1 Å². The Morgan fingerprint density at radius 1 is 1.11 bits per heavy atom. The smallest absolute Gasteiger partial charge is 0.336 e. The summed E-state index contributed by atoms with van der Waals surface area (Å²) in [6, 6.07) is 15.0. The van der Waals surface area contributed by atoms with Crippen molar-refractivity contribution in [1.82, 2.24) is 14.9 Å². The molecule has 1 atom stereocenters. The van der Waals surface area contributed by atoms with Gasteiger partial charge < -0.3 is 15.0 Å². The van der Waals surface area contributed by atoms with Crippen molar-refractivity contribution in [2.75, 3.05) is 5.75 Å². The summed E-state index contributed by atoms with van der Waals surface area (Å²) < 4.78 is 2.15. The van der Waals surface area contributed by atoms with Crippen LogP contribution in [0, 0.1) is 11.8 Å². The number of nitrogens with zero attached hydrogens (tertiary/aromatic N) is 2. The van der Waals surface area contributed by atoms with Gasteiger partial charge in [-0.05, 0) is 35.1 Å². The molecule has 0 bridgehead atoms. The molecule has 0 unspecified atom stereocenters. The van der Waals surface area contributed by atoms with Crippen LogP contribution >= 0.6 is 12.6 Å². The molecule has 1 heterocycles. The molecule has 0 spiro atoms. The predicted octanol–water partition coefficient (Wildman–Crippen LogP) is 5.46. The highest BCUT2D eigenvalue weighted by Gasteiger charge is 2.20. The molecule has 7 heteroatoms. The molecule has 2 N–H and O–H groups in total. The van der Waals surface area contributed by atoms with Crippen LogP contribution in [0.3, 0.4) is 0 Å². The van der Waals surface area contributed by atoms with E-state index in [1.165, 1.54) is 0 Å². The van der Waals surface area contributed by atoms with Gasteiger partial charge in [0.05, 0.1) is 17.8 Å². The molecule has 0 aliphatic rings. The minimum Gasteiger partial charge on any atom is -0.478 e. The van der Waals surface area contributed by atoms with E-state index < -0.39 is 5.97 Å². The third-order valence-electron chi connectivity index (χ3n) is 6.22. The van der Waals surface area contributed by atoms with Gasteiger partial charge in [0.2, 0.25) is 5.91 Å². The van der Waals surface area contributed by atoms with Gasteiger partial charge in [-0.3, -0.25) is 4.79 Å². The van der Waals surface area contributed by atoms with Crippen LogP contribution in [0.1, 0.15) is 61.1 Å². The number of imidazole rings is 1. The Kier molecular flexibility index (Phi) is 9.55. The van der Waals surface area contributed by atoms with Crippen molar-refractivity contribution in [3.05, 3.63) is 77.4 Å². The molecule has 1 amide bonds. The summed E-state index contributed by atoms with van der Waals surface area (Å²) in [5, 5.41) is 12.5. The molecule has 186 valence electrons. The van der Waals surface area contributed by atoms with Gasteiger partial charge in [-0.25, -0.2) is 9.78 Å². The second kappa shape index (κ2) is 12.6. The summed E-state index contributed by atoms with van der Waals surface area (Å²) in [6.07, 6.45) is 5.02. The summed E-state index contributed by atoms with van der Waals surface area (Å²) in [5.74, 6) is 0.715. The number of hydrogen-bond acceptors (Lipinski definition) is 4. The number of thiol groups is 1. The number of hydrogen-bond donors (Lipinski definition) is 3. The van der Waals surface area contributed by atoms with E-state index in [-0.39, 0.29) is 17.7 Å². The van der Waals surface area contributed by atoms with E-state index in [1.807, 2.05) is 56.4 Å². The number of rotatable bonds is 12. The SMILES string of the molecule is CCCCc1nc(CNC(=O)[C@@H](CS)C(C)C)cn1Cc1ccc(-c2ccccc2C(=O)O)cc1. The van der Waals surface area contributed by atoms with Crippen LogP contribution < -0.4 is 5.32 Å². The first kappa shape index (κ1) is 26.5. The van der Waals surface area contributed by atoms with E-state index in [2.05, 4.69) is 29.4 Å². The zero-order valence-corrected chi connectivity index (χ0v) is 21.6. The Morgan fingerprint density at radius 2 is 1.83 bits per heavy atom. The maximum atomic E-state index is 12.5. The number of carbonyl (C=O) groups excluding carboxylic acids is 1. The van der Waals surface area contributed by atoms with E-state index >= 15 is 0 Å². The Balaban J connectivity index is 1.76. The average molecular weight is 494 g/mol. The van der Waals surface area contributed by atoms with E-state index in [1.54, 1.807) is 12.1 Å². The number of amides is 1. The number of carbonyl (C=O) groups is 2. The topological polar surface area (TPSA) is 84.2 Å². The molecule has 0 aliphatic carbocycles. The molecule has 6 nitrogen and oxygen atoms in total. The van der Waals surface area contributed by atoms with E-state index in [9.17, 15) is 14.7 Å². The van der Waals surface area contributed by atoms with Crippen LogP contribution in [0.25, 0.3) is 11.1 Å². The highest BCUT2D eigenvalue weighted by molar-refractivity contribution is 7.80. The van der Waals surface area contributed by atoms with Crippen LogP contribution in [0.15, 0.2) is 54.7 Å². The number of carboxylic acids is 1. The van der Waals surface area contributed by atoms with E-state index in [0.29, 0.717) is 30.0 Å². The number of aromatic carboxylic acids is 1. The summed E-state index contributed by atoms with van der Waals surface area (Å²) in [4.78, 5) is 28.9. The minimum atomic E-state index is -0.933. The summed E-state index contributed by atoms with van der Waals surface area (Å²) in [6.45, 7) is 7.28. The van der Waals surface area contributed by atoms with Gasteiger partial charge in [0.25, 0.3) is 0 Å². The molecule has 3 rings (SSSR count). The lowest BCUT2D eigenvalue weighted by Crippen LogP contribution is -2.34. The van der Waals surface area contributed by atoms with Crippen LogP contribution in [0.2, 0.25) is 0 Å². The van der Waals surface area contributed by atoms with E-state index in [4.69, 9.17) is 4.98 Å². The standard InChI is InChI=1S/C28H35N3O3S/c1-4-5-10-26-30-22(15-29-27(32)25(18-35)19(2)3)17-31(26)16-20-11-13-21(14-12-20)23-8-6-7-9-24(23)28(33)34/h6-9,11-14,17,19,25,35H,4-5,10,15-16,18H2,1-3H3,(H,29,32)(H,33,34)/t25-/m0/s1. The van der Waals surface area contributed by atoms with Crippen molar-refractivity contribution in [1.29, 1.82) is 0 Å². The van der Waals surface area contributed by atoms with Crippen molar-refractivity contribution in [3.63, 3.8) is 0 Å². The number of nitrogens with one attached hydrogen (secondary N) is 1. The second-order valence-corrected chi connectivity index (χ2v) is 9.54. The monoisotopic (exact) mass is 493 g/mol. The van der Waals surface area contributed by atoms with Gasteiger partial charge >= 0.3 is 5.97 Å². The lowest BCUT2D eigenvalue weighted by molar-refractivity contribution is -0.125. The summed E-state index contributed by atoms with van der Waals surface area (Å²) in [5.41, 5.74) is 3.81. The Morgan fingerprint density at radius 3 is 2.46 bits per heavy atom. The average Bonchev–Trinajstić information content (AvgIpc) is 3.23. The van der Waals surface area contributed by atoms with Crippen LogP contribution in [0.4, 0.5) is 0 Å². The lowest BCUT2D eigenvalue weighted by Gasteiger charge is -2.17. The quantitative estimate of drug-likeness (QED) is 0.293. The second-order valence-electron chi connectivity index (χ2n) is 9.18. The number of aryl methyl sites for hydroxylation is 1. The number of benzene rings is 2. The number of aromatic nitrogens is 2. The van der Waals surface area contributed by atoms with Crippen molar-refractivity contribution < 1.29 is 14.7 Å². The third-order valence-corrected chi connectivity index (χ3v) is 6.61. The van der Waals surface area contributed by atoms with E-state index in [0.717, 1.165) is 41.9 Å². The molecule has 0 radical (unpaired) electrons. The maximum Gasteiger partial charge on any atom is 0.336 e. The van der Waals surface area contributed by atoms with Gasteiger partial charge in [-0.2, -0.15) is 12.6 Å². The molecule has 1 aromatic heterocycles. The third kappa shape index (κ3) is 6.98. The molecule has 0 saturated carbocycles. The lowest BCUT2D eigenvalue weighted by atomic mass is 9.97. The highest BCUT2D eigenvalue weighted by Crippen LogP contribution is 2.24. The largest absolute Gasteiger partial charge is 0.478 e. The van der Waals surface area contributed by atoms with Gasteiger partial charge in [0, 0.05) is 30.8 Å². The molecule has 35 heavy (non-hydrogen) atoms. The van der Waals surface area contributed by atoms with Gasteiger partial charge in [0.15, 0.2) is 0 Å². The summed E-state index contributed by atoms with van der Waals surface area (Å²) in [7, 11) is 0. The first-order valence-corrected chi connectivity index (χ1v) is 12.8. The Labute approximate surface area is 213 Å². The Hall–Kier alpha value is -3.06. The Bertz CT molecular complexity index is 1140. The van der Waals surface area contributed by atoms with Gasteiger partial charge in [-0.15, -0.1) is 0 Å². The fraction of sp³-hybridized carbons (Fsp3) is 0.393. The van der Waals surface area contributed by atoms with Crippen molar-refractivity contribution >= 4 is 24.5 Å². The molecular formula is C28H35N3O3S. The zero-order valence-electron chi connectivity index (χ0n) is 20.7. The van der Waals surface area contributed by atoms with Crippen LogP contribution in [-0.2, 0) is 24.3 Å². The minimum absolute atomic E-state index is 0.0110. The number of unbranched alkanes of at least 4 members (excludes halogenated alkanes) is 1. The molecule has 0 aliphatic heterocycles. The van der Waals surface area contributed by atoms with Crippen molar-refractivity contribution in [2.45, 2.75) is 53.1 Å². The summed E-state index contributed by atoms with van der Waals surface area (Å²) >= 11 is 4.33.